The molecule has 1 aromatic rings. The van der Waals surface area contributed by atoms with Gasteiger partial charge in [0.1, 0.15) is 0 Å². The first-order valence-corrected chi connectivity index (χ1v) is 10.7. The molecule has 0 aromatic heterocycles. The van der Waals surface area contributed by atoms with Crippen molar-refractivity contribution in [2.75, 3.05) is 20.8 Å². The van der Waals surface area contributed by atoms with Crippen LogP contribution in [0, 0.1) is 23.2 Å². The van der Waals surface area contributed by atoms with E-state index >= 15 is 0 Å². The molecule has 0 spiro atoms. The van der Waals surface area contributed by atoms with Gasteiger partial charge in [-0.25, -0.2) is 0 Å². The summed E-state index contributed by atoms with van der Waals surface area (Å²) in [5, 5.41) is 7.14. The maximum atomic E-state index is 12.4. The minimum atomic E-state index is -0.108. The molecular formula is C23H32N2O4. The van der Waals surface area contributed by atoms with E-state index in [1.165, 1.54) is 44.7 Å². The Morgan fingerprint density at radius 3 is 2.41 bits per heavy atom. The van der Waals surface area contributed by atoms with Crippen LogP contribution in [0.1, 0.15) is 51.0 Å². The number of ether oxygens (including phenoxy) is 2. The van der Waals surface area contributed by atoms with E-state index in [9.17, 15) is 4.79 Å². The second-order valence-corrected chi connectivity index (χ2v) is 9.16. The number of benzene rings is 1. The first-order valence-electron chi connectivity index (χ1n) is 10.7. The molecule has 4 saturated carbocycles. The monoisotopic (exact) mass is 400 g/mol. The molecule has 5 rings (SSSR count). The van der Waals surface area contributed by atoms with Crippen LogP contribution in [0.3, 0.4) is 0 Å². The van der Waals surface area contributed by atoms with E-state index in [2.05, 4.69) is 17.4 Å². The third kappa shape index (κ3) is 4.07. The lowest BCUT2D eigenvalue weighted by atomic mass is 9.48. The van der Waals surface area contributed by atoms with Gasteiger partial charge in [-0.15, -0.1) is 0 Å². The van der Waals surface area contributed by atoms with Gasteiger partial charge in [-0.05, 0) is 80.8 Å². The van der Waals surface area contributed by atoms with Crippen LogP contribution in [-0.2, 0) is 9.63 Å². The van der Waals surface area contributed by atoms with Crippen molar-refractivity contribution < 1.29 is 19.1 Å². The lowest BCUT2D eigenvalue weighted by Gasteiger charge is -2.59. The van der Waals surface area contributed by atoms with Gasteiger partial charge in [0.05, 0.1) is 20.4 Å². The fourth-order valence-electron chi connectivity index (χ4n) is 6.35. The third-order valence-electron chi connectivity index (χ3n) is 7.28. The zero-order valence-corrected chi connectivity index (χ0v) is 17.6. The van der Waals surface area contributed by atoms with E-state index < -0.39 is 0 Å². The van der Waals surface area contributed by atoms with E-state index in [0.29, 0.717) is 16.9 Å². The number of rotatable bonds is 8. The highest BCUT2D eigenvalue weighted by Crippen LogP contribution is 2.61. The van der Waals surface area contributed by atoms with Gasteiger partial charge in [0.2, 0.25) is 0 Å². The molecule has 1 atom stereocenters. The van der Waals surface area contributed by atoms with Crippen molar-refractivity contribution in [2.45, 2.75) is 51.5 Å². The lowest BCUT2D eigenvalue weighted by Crippen LogP contribution is -2.56. The predicted octanol–water partition coefficient (Wildman–Crippen LogP) is 3.78. The number of nitrogens with one attached hydrogen (secondary N) is 1. The molecule has 158 valence electrons. The van der Waals surface area contributed by atoms with E-state index in [-0.39, 0.29) is 18.6 Å². The summed E-state index contributed by atoms with van der Waals surface area (Å²) < 4.78 is 10.6. The molecule has 0 unspecified atom stereocenters. The average Bonchev–Trinajstić information content (AvgIpc) is 2.69. The van der Waals surface area contributed by atoms with Crippen molar-refractivity contribution in [1.82, 2.24) is 5.32 Å². The molecule has 0 radical (unpaired) electrons. The molecule has 4 aliphatic rings. The molecule has 6 nitrogen and oxygen atoms in total. The number of hydrogen-bond acceptors (Lipinski definition) is 5. The maximum Gasteiger partial charge on any atom is 0.261 e. The number of carbonyl (C=O) groups excluding carboxylic acids is 1. The van der Waals surface area contributed by atoms with Crippen LogP contribution in [0.25, 0.3) is 0 Å². The molecular weight excluding hydrogens is 368 g/mol. The predicted molar refractivity (Wildman–Crippen MR) is 111 cm³/mol. The summed E-state index contributed by atoms with van der Waals surface area (Å²) in [6.45, 7) is 2.09. The average molecular weight is 401 g/mol. The van der Waals surface area contributed by atoms with Gasteiger partial charge < -0.3 is 19.6 Å². The second-order valence-electron chi connectivity index (χ2n) is 9.16. The molecule has 4 bridgehead atoms. The molecule has 1 N–H and O–H groups in total. The fourth-order valence-corrected chi connectivity index (χ4v) is 6.35. The second kappa shape index (κ2) is 8.25. The maximum absolute atomic E-state index is 12.4. The van der Waals surface area contributed by atoms with E-state index in [0.717, 1.165) is 23.3 Å². The minimum absolute atomic E-state index is 0.0838. The molecule has 0 aliphatic heterocycles. The smallest absolute Gasteiger partial charge is 0.261 e. The Hall–Kier alpha value is -2.24. The molecule has 1 amide bonds. The van der Waals surface area contributed by atoms with Crippen LogP contribution in [0.4, 0.5) is 0 Å². The van der Waals surface area contributed by atoms with Crippen LogP contribution in [0.15, 0.2) is 23.4 Å². The normalized spacial score (nSPS) is 30.9. The number of nitrogens with zero attached hydrogens (tertiary/aromatic N) is 1. The van der Waals surface area contributed by atoms with Gasteiger partial charge >= 0.3 is 0 Å². The van der Waals surface area contributed by atoms with Crippen molar-refractivity contribution in [3.63, 3.8) is 0 Å². The van der Waals surface area contributed by atoms with Crippen molar-refractivity contribution in [2.24, 2.45) is 28.3 Å². The Kier molecular flexibility index (Phi) is 5.70. The first kappa shape index (κ1) is 20.0. The largest absolute Gasteiger partial charge is 0.493 e. The van der Waals surface area contributed by atoms with Gasteiger partial charge in [0.25, 0.3) is 5.91 Å². The quantitative estimate of drug-likeness (QED) is 0.533. The molecule has 4 fully saturated rings. The highest BCUT2D eigenvalue weighted by molar-refractivity contribution is 5.85. The van der Waals surface area contributed by atoms with Gasteiger partial charge in [0.15, 0.2) is 18.1 Å². The van der Waals surface area contributed by atoms with Crippen LogP contribution in [-0.4, -0.2) is 39.0 Å². The summed E-state index contributed by atoms with van der Waals surface area (Å²) in [5.41, 5.74) is 1.02. The van der Waals surface area contributed by atoms with Crippen LogP contribution in [0.5, 0.6) is 11.5 Å². The number of oxime groups is 1. The molecule has 1 aromatic carbocycles. The summed E-state index contributed by atoms with van der Waals surface area (Å²) in [6.07, 6.45) is 9.58. The zero-order chi connectivity index (χ0) is 20.4. The van der Waals surface area contributed by atoms with E-state index in [4.69, 9.17) is 14.3 Å². The zero-order valence-electron chi connectivity index (χ0n) is 17.6. The Morgan fingerprint density at radius 1 is 1.17 bits per heavy atom. The molecule has 6 heteroatoms. The summed E-state index contributed by atoms with van der Waals surface area (Å²) in [4.78, 5) is 17.7. The Morgan fingerprint density at radius 2 is 1.83 bits per heavy atom. The van der Waals surface area contributed by atoms with E-state index in [1.807, 2.05) is 18.2 Å². The summed E-state index contributed by atoms with van der Waals surface area (Å²) in [7, 11) is 3.17. The van der Waals surface area contributed by atoms with Crippen molar-refractivity contribution in [3.05, 3.63) is 23.8 Å². The van der Waals surface area contributed by atoms with Crippen LogP contribution < -0.4 is 14.8 Å². The first-order chi connectivity index (χ1) is 14.0. The number of carbonyl (C=O) groups is 1. The van der Waals surface area contributed by atoms with E-state index in [1.54, 1.807) is 14.2 Å². The Bertz CT molecular complexity index is 741. The van der Waals surface area contributed by atoms with Crippen molar-refractivity contribution >= 4 is 12.1 Å². The Balaban J connectivity index is 1.29. The van der Waals surface area contributed by atoms with Gasteiger partial charge in [-0.3, -0.25) is 4.79 Å². The highest BCUT2D eigenvalue weighted by Gasteiger charge is 2.53. The SMILES string of the molecule is COc1cccc(/C=N\OCC(=O)N[C@H](C)C23CC4CC(CC(C4)C2)C3)c1OC. The summed E-state index contributed by atoms with van der Waals surface area (Å²) in [6, 6.07) is 5.71. The highest BCUT2D eigenvalue weighted by atomic mass is 16.6. The van der Waals surface area contributed by atoms with Crippen molar-refractivity contribution in [1.29, 1.82) is 0 Å². The fraction of sp³-hybridized carbons (Fsp3) is 0.652. The number of methoxy groups -OCH3 is 2. The summed E-state index contributed by atoms with van der Waals surface area (Å²) >= 11 is 0. The molecule has 29 heavy (non-hydrogen) atoms. The van der Waals surface area contributed by atoms with Crippen LogP contribution in [0.2, 0.25) is 0 Å². The van der Waals surface area contributed by atoms with Gasteiger partial charge in [-0.2, -0.15) is 0 Å². The lowest BCUT2D eigenvalue weighted by molar-refractivity contribution is -0.130. The molecule has 0 saturated heterocycles. The molecule has 0 heterocycles. The Labute approximate surface area is 173 Å². The third-order valence-corrected chi connectivity index (χ3v) is 7.28. The van der Waals surface area contributed by atoms with Gasteiger partial charge in [-0.1, -0.05) is 11.2 Å². The minimum Gasteiger partial charge on any atom is -0.493 e. The van der Waals surface area contributed by atoms with Gasteiger partial charge in [0, 0.05) is 11.6 Å². The molecule has 4 aliphatic carbocycles. The number of hydrogen-bond donors (Lipinski definition) is 1. The van der Waals surface area contributed by atoms with Crippen LogP contribution >= 0.6 is 0 Å². The summed E-state index contributed by atoms with van der Waals surface area (Å²) in [5.74, 6) is 3.72. The topological polar surface area (TPSA) is 69.2 Å². The number of amides is 1. The number of para-hydroxylation sites is 1. The van der Waals surface area contributed by atoms with Crippen molar-refractivity contribution in [3.8, 4) is 11.5 Å². The standard InChI is InChI=1S/C23H32N2O4/c1-15(23-10-16-7-17(11-23)9-18(8-16)12-23)25-21(26)14-29-24-13-19-5-4-6-20(27-2)22(19)28-3/h4-6,13,15-18H,7-12,14H2,1-3H3,(H,25,26)/b24-13-/t15-,16?,17?,18?,23?/m1/s1.